The quantitative estimate of drug-likeness (QED) is 0.602. The molecular formula is C12H18N4O3. The van der Waals surface area contributed by atoms with E-state index < -0.39 is 11.0 Å². The van der Waals surface area contributed by atoms with Crippen molar-refractivity contribution in [2.24, 2.45) is 0 Å². The minimum absolute atomic E-state index is 0.0638. The number of hydrogen-bond donors (Lipinski definition) is 2. The van der Waals surface area contributed by atoms with Crippen LogP contribution in [0.4, 0.5) is 11.5 Å². The molecule has 0 aliphatic carbocycles. The molecule has 7 heteroatoms. The topological polar surface area (TPSA) is 97.2 Å². The summed E-state index contributed by atoms with van der Waals surface area (Å²) in [5.41, 5.74) is 0.565. The van der Waals surface area contributed by atoms with E-state index >= 15 is 0 Å². The first-order chi connectivity index (χ1) is 8.95. The van der Waals surface area contributed by atoms with Crippen LogP contribution < -0.4 is 10.6 Å². The molecule has 0 saturated carbocycles. The van der Waals surface area contributed by atoms with Gasteiger partial charge in [-0.3, -0.25) is 14.9 Å². The molecule has 0 aliphatic rings. The van der Waals surface area contributed by atoms with Gasteiger partial charge >= 0.3 is 0 Å². The Kier molecular flexibility index (Phi) is 5.23. The van der Waals surface area contributed by atoms with Crippen LogP contribution in [0.2, 0.25) is 0 Å². The van der Waals surface area contributed by atoms with Crippen molar-refractivity contribution < 1.29 is 9.72 Å². The Labute approximate surface area is 111 Å². The molecule has 1 rings (SSSR count). The summed E-state index contributed by atoms with van der Waals surface area (Å²) in [6, 6.07) is 0.977. The lowest BCUT2D eigenvalue weighted by Gasteiger charge is -2.15. The highest BCUT2D eigenvalue weighted by Crippen LogP contribution is 2.18. The number of nitrogens with zero attached hydrogens (tertiary/aromatic N) is 2. The highest BCUT2D eigenvalue weighted by Gasteiger charge is 2.15. The van der Waals surface area contributed by atoms with Crippen LogP contribution in [0, 0.1) is 17.0 Å². The van der Waals surface area contributed by atoms with E-state index in [1.807, 2.05) is 6.92 Å². The monoisotopic (exact) mass is 266 g/mol. The molecule has 0 spiro atoms. The second-order valence-corrected chi connectivity index (χ2v) is 4.27. The summed E-state index contributed by atoms with van der Waals surface area (Å²) >= 11 is 0. The Morgan fingerprint density at radius 3 is 2.79 bits per heavy atom. The molecule has 0 fully saturated rings. The molecule has 2 N–H and O–H groups in total. The fourth-order valence-electron chi connectivity index (χ4n) is 1.48. The van der Waals surface area contributed by atoms with Gasteiger partial charge in [-0.15, -0.1) is 0 Å². The smallest absolute Gasteiger partial charge is 0.287 e. The van der Waals surface area contributed by atoms with Crippen LogP contribution in [-0.4, -0.2) is 28.4 Å². The minimum atomic E-state index is -0.499. The van der Waals surface area contributed by atoms with Gasteiger partial charge in [0, 0.05) is 12.6 Å². The van der Waals surface area contributed by atoms with E-state index in [2.05, 4.69) is 15.6 Å². The first-order valence-corrected chi connectivity index (χ1v) is 6.11. The Balaban J connectivity index is 2.71. The SMILES string of the molecule is CCCNC(=O)C(C)Nc1ncc([N+](=O)[O-])cc1C. The molecule has 7 nitrogen and oxygen atoms in total. The first kappa shape index (κ1) is 14.9. The second-order valence-electron chi connectivity index (χ2n) is 4.27. The molecule has 0 radical (unpaired) electrons. The molecule has 1 heterocycles. The summed E-state index contributed by atoms with van der Waals surface area (Å²) < 4.78 is 0. The summed E-state index contributed by atoms with van der Waals surface area (Å²) in [6.07, 6.45) is 2.04. The number of carbonyl (C=O) groups is 1. The molecule has 104 valence electrons. The third-order valence-corrected chi connectivity index (χ3v) is 2.57. The molecule has 1 unspecified atom stereocenters. The molecular weight excluding hydrogens is 248 g/mol. The van der Waals surface area contributed by atoms with Crippen molar-refractivity contribution in [2.75, 3.05) is 11.9 Å². The van der Waals surface area contributed by atoms with E-state index in [1.54, 1.807) is 13.8 Å². The fourth-order valence-corrected chi connectivity index (χ4v) is 1.48. The van der Waals surface area contributed by atoms with E-state index in [9.17, 15) is 14.9 Å². The van der Waals surface area contributed by atoms with Crippen molar-refractivity contribution in [1.29, 1.82) is 0 Å². The first-order valence-electron chi connectivity index (χ1n) is 6.11. The molecule has 0 bridgehead atoms. The van der Waals surface area contributed by atoms with Crippen LogP contribution in [-0.2, 0) is 4.79 Å². The number of hydrogen-bond acceptors (Lipinski definition) is 5. The summed E-state index contributed by atoms with van der Waals surface area (Å²) in [4.78, 5) is 25.7. The van der Waals surface area contributed by atoms with Crippen molar-refractivity contribution >= 4 is 17.4 Å². The largest absolute Gasteiger partial charge is 0.358 e. The third-order valence-electron chi connectivity index (χ3n) is 2.57. The lowest BCUT2D eigenvalue weighted by Crippen LogP contribution is -2.38. The van der Waals surface area contributed by atoms with E-state index in [0.29, 0.717) is 17.9 Å². The van der Waals surface area contributed by atoms with Gasteiger partial charge in [0.25, 0.3) is 5.69 Å². The number of anilines is 1. The van der Waals surface area contributed by atoms with Crippen molar-refractivity contribution in [3.05, 3.63) is 27.9 Å². The van der Waals surface area contributed by atoms with Crippen LogP contribution in [0.25, 0.3) is 0 Å². The third kappa shape index (κ3) is 4.20. The van der Waals surface area contributed by atoms with Gasteiger partial charge in [0.15, 0.2) is 0 Å². The number of carbonyl (C=O) groups excluding carboxylic acids is 1. The number of aromatic nitrogens is 1. The van der Waals surface area contributed by atoms with Crippen LogP contribution in [0.5, 0.6) is 0 Å². The normalized spacial score (nSPS) is 11.7. The van der Waals surface area contributed by atoms with Crippen molar-refractivity contribution in [1.82, 2.24) is 10.3 Å². The standard InChI is InChI=1S/C12H18N4O3/c1-4-5-13-12(17)9(3)15-11-8(2)6-10(7-14-11)16(18)19/h6-7,9H,4-5H2,1-3H3,(H,13,17)(H,14,15). The van der Waals surface area contributed by atoms with Crippen molar-refractivity contribution in [2.45, 2.75) is 33.2 Å². The van der Waals surface area contributed by atoms with Gasteiger partial charge in [0.1, 0.15) is 18.1 Å². The number of rotatable bonds is 6. The molecule has 0 saturated heterocycles. The number of nitrogens with one attached hydrogen (secondary N) is 2. The van der Waals surface area contributed by atoms with Crippen LogP contribution >= 0.6 is 0 Å². The van der Waals surface area contributed by atoms with Gasteiger partial charge in [-0.05, 0) is 25.8 Å². The number of nitro groups is 1. The average molecular weight is 266 g/mol. The Morgan fingerprint density at radius 2 is 2.26 bits per heavy atom. The summed E-state index contributed by atoms with van der Waals surface area (Å²) in [5, 5.41) is 16.3. The Bertz CT molecular complexity index is 476. The predicted molar refractivity (Wildman–Crippen MR) is 72.0 cm³/mol. The average Bonchev–Trinajstić information content (AvgIpc) is 2.37. The highest BCUT2D eigenvalue weighted by molar-refractivity contribution is 5.84. The number of aryl methyl sites for hydroxylation is 1. The van der Waals surface area contributed by atoms with Gasteiger partial charge in [-0.25, -0.2) is 4.98 Å². The predicted octanol–water partition coefficient (Wildman–Crippen LogP) is 1.62. The zero-order valence-electron chi connectivity index (χ0n) is 11.3. The van der Waals surface area contributed by atoms with E-state index in [-0.39, 0.29) is 11.6 Å². The summed E-state index contributed by atoms with van der Waals surface area (Å²) in [7, 11) is 0. The van der Waals surface area contributed by atoms with Gasteiger partial charge in [-0.1, -0.05) is 6.92 Å². The van der Waals surface area contributed by atoms with Crippen LogP contribution in [0.1, 0.15) is 25.8 Å². The molecule has 19 heavy (non-hydrogen) atoms. The Hall–Kier alpha value is -2.18. The lowest BCUT2D eigenvalue weighted by atomic mass is 10.2. The van der Waals surface area contributed by atoms with Gasteiger partial charge < -0.3 is 10.6 Å². The highest BCUT2D eigenvalue weighted by atomic mass is 16.6. The summed E-state index contributed by atoms with van der Waals surface area (Å²) in [6.45, 7) is 6.02. The minimum Gasteiger partial charge on any atom is -0.358 e. The zero-order chi connectivity index (χ0) is 14.4. The van der Waals surface area contributed by atoms with Crippen LogP contribution in [0.3, 0.4) is 0 Å². The second kappa shape index (κ2) is 6.67. The maximum atomic E-state index is 11.7. The van der Waals surface area contributed by atoms with Crippen molar-refractivity contribution in [3.8, 4) is 0 Å². The van der Waals surface area contributed by atoms with Gasteiger partial charge in [-0.2, -0.15) is 0 Å². The van der Waals surface area contributed by atoms with Gasteiger partial charge in [0.05, 0.1) is 4.92 Å². The number of amides is 1. The number of pyridine rings is 1. The molecule has 0 aliphatic heterocycles. The van der Waals surface area contributed by atoms with E-state index in [0.717, 1.165) is 6.42 Å². The maximum Gasteiger partial charge on any atom is 0.287 e. The molecule has 1 aromatic heterocycles. The van der Waals surface area contributed by atoms with Gasteiger partial charge in [0.2, 0.25) is 5.91 Å². The molecule has 1 atom stereocenters. The van der Waals surface area contributed by atoms with E-state index in [4.69, 9.17) is 0 Å². The fraction of sp³-hybridized carbons (Fsp3) is 0.500. The molecule has 1 amide bonds. The lowest BCUT2D eigenvalue weighted by molar-refractivity contribution is -0.385. The summed E-state index contributed by atoms with van der Waals surface area (Å²) in [5.74, 6) is 0.353. The zero-order valence-corrected chi connectivity index (χ0v) is 11.3. The van der Waals surface area contributed by atoms with Crippen LogP contribution in [0.15, 0.2) is 12.3 Å². The Morgan fingerprint density at radius 1 is 1.58 bits per heavy atom. The molecule has 0 aromatic carbocycles. The molecule has 1 aromatic rings. The van der Waals surface area contributed by atoms with Crippen molar-refractivity contribution in [3.63, 3.8) is 0 Å². The van der Waals surface area contributed by atoms with E-state index in [1.165, 1.54) is 12.3 Å². The maximum absolute atomic E-state index is 11.7.